The lowest BCUT2D eigenvalue weighted by atomic mass is 9.99. The third-order valence-electron chi connectivity index (χ3n) is 1.82. The zero-order chi connectivity index (χ0) is 8.85. The first kappa shape index (κ1) is 10.2. The standard InChI is InChI=1S/C10H17N/c1-5-6-10(7-11)9(4)8(2)3/h5-8,11H,1-4H3/b6-5-,10-9-,11-7?. The summed E-state index contributed by atoms with van der Waals surface area (Å²) in [6.07, 6.45) is 5.35. The second-order valence-corrected chi connectivity index (χ2v) is 2.94. The van der Waals surface area contributed by atoms with Crippen LogP contribution in [0.3, 0.4) is 0 Å². The van der Waals surface area contributed by atoms with Gasteiger partial charge >= 0.3 is 0 Å². The highest BCUT2D eigenvalue weighted by Crippen LogP contribution is 2.13. The van der Waals surface area contributed by atoms with E-state index in [1.165, 1.54) is 11.8 Å². The highest BCUT2D eigenvalue weighted by atomic mass is 14.3. The van der Waals surface area contributed by atoms with E-state index in [1.54, 1.807) is 0 Å². The van der Waals surface area contributed by atoms with Gasteiger partial charge in [0.2, 0.25) is 0 Å². The van der Waals surface area contributed by atoms with E-state index in [4.69, 9.17) is 5.41 Å². The van der Waals surface area contributed by atoms with E-state index < -0.39 is 0 Å². The van der Waals surface area contributed by atoms with Crippen LogP contribution in [0, 0.1) is 11.3 Å². The van der Waals surface area contributed by atoms with Crippen LogP contribution in [-0.4, -0.2) is 6.21 Å². The molecule has 0 saturated carbocycles. The first-order valence-electron chi connectivity index (χ1n) is 3.97. The van der Waals surface area contributed by atoms with Gasteiger partial charge in [-0.05, 0) is 25.3 Å². The minimum atomic E-state index is 0.530. The summed E-state index contributed by atoms with van der Waals surface area (Å²) in [6, 6.07) is 0. The molecule has 0 aliphatic carbocycles. The van der Waals surface area contributed by atoms with E-state index in [-0.39, 0.29) is 0 Å². The lowest BCUT2D eigenvalue weighted by Crippen LogP contribution is -1.94. The molecule has 0 fully saturated rings. The predicted molar refractivity (Wildman–Crippen MR) is 51.1 cm³/mol. The molecule has 62 valence electrons. The molecule has 0 aliphatic heterocycles. The molecule has 0 spiro atoms. The van der Waals surface area contributed by atoms with E-state index in [9.17, 15) is 0 Å². The summed E-state index contributed by atoms with van der Waals surface area (Å²) in [5, 5.41) is 7.15. The smallest absolute Gasteiger partial charge is 0.0249 e. The molecule has 0 bridgehead atoms. The van der Waals surface area contributed by atoms with Crippen LogP contribution in [0.15, 0.2) is 23.3 Å². The Morgan fingerprint density at radius 1 is 1.36 bits per heavy atom. The zero-order valence-electron chi connectivity index (χ0n) is 7.81. The number of allylic oxidation sites excluding steroid dienone is 4. The Morgan fingerprint density at radius 2 is 1.91 bits per heavy atom. The van der Waals surface area contributed by atoms with Crippen LogP contribution in [0.2, 0.25) is 0 Å². The fourth-order valence-electron chi connectivity index (χ4n) is 0.806. The summed E-state index contributed by atoms with van der Waals surface area (Å²) in [5.74, 6) is 0.530. The molecule has 11 heavy (non-hydrogen) atoms. The Kier molecular flexibility index (Phi) is 4.51. The zero-order valence-corrected chi connectivity index (χ0v) is 7.81. The third kappa shape index (κ3) is 3.17. The average Bonchev–Trinajstić information content (AvgIpc) is 1.98. The van der Waals surface area contributed by atoms with Crippen LogP contribution in [-0.2, 0) is 0 Å². The van der Waals surface area contributed by atoms with Gasteiger partial charge < -0.3 is 5.41 Å². The minimum Gasteiger partial charge on any atom is -0.308 e. The molecule has 0 unspecified atom stereocenters. The topological polar surface area (TPSA) is 23.9 Å². The first-order chi connectivity index (χ1) is 5.13. The summed E-state index contributed by atoms with van der Waals surface area (Å²) in [7, 11) is 0. The molecule has 0 aliphatic rings. The van der Waals surface area contributed by atoms with E-state index in [0.29, 0.717) is 5.92 Å². The molecule has 1 N–H and O–H groups in total. The second kappa shape index (κ2) is 4.89. The maximum Gasteiger partial charge on any atom is 0.0249 e. The van der Waals surface area contributed by atoms with Crippen molar-refractivity contribution < 1.29 is 0 Å². The summed E-state index contributed by atoms with van der Waals surface area (Å²) < 4.78 is 0. The molecule has 0 aromatic carbocycles. The van der Waals surface area contributed by atoms with Crippen molar-refractivity contribution in [3.05, 3.63) is 23.3 Å². The van der Waals surface area contributed by atoms with Gasteiger partial charge in [-0.3, -0.25) is 0 Å². The monoisotopic (exact) mass is 151 g/mol. The van der Waals surface area contributed by atoms with Gasteiger partial charge in [0.05, 0.1) is 0 Å². The van der Waals surface area contributed by atoms with Crippen molar-refractivity contribution in [2.45, 2.75) is 27.7 Å². The second-order valence-electron chi connectivity index (χ2n) is 2.94. The number of rotatable bonds is 3. The molecule has 1 nitrogen and oxygen atoms in total. The molecular weight excluding hydrogens is 134 g/mol. The molecule has 0 amide bonds. The lowest BCUT2D eigenvalue weighted by molar-refractivity contribution is 0.766. The number of nitrogens with one attached hydrogen (secondary N) is 1. The van der Waals surface area contributed by atoms with Crippen LogP contribution in [0.4, 0.5) is 0 Å². The number of hydrogen-bond donors (Lipinski definition) is 1. The fraction of sp³-hybridized carbons (Fsp3) is 0.500. The van der Waals surface area contributed by atoms with E-state index >= 15 is 0 Å². The Balaban J connectivity index is 4.67. The maximum atomic E-state index is 7.15. The van der Waals surface area contributed by atoms with Gasteiger partial charge in [0.15, 0.2) is 0 Å². The van der Waals surface area contributed by atoms with Gasteiger partial charge in [0.25, 0.3) is 0 Å². The van der Waals surface area contributed by atoms with Gasteiger partial charge in [0, 0.05) is 6.21 Å². The highest BCUT2D eigenvalue weighted by molar-refractivity contribution is 5.80. The van der Waals surface area contributed by atoms with Crippen molar-refractivity contribution in [2.75, 3.05) is 0 Å². The lowest BCUT2D eigenvalue weighted by Gasteiger charge is -2.06. The van der Waals surface area contributed by atoms with Crippen LogP contribution >= 0.6 is 0 Å². The Bertz CT molecular complexity index is 185. The van der Waals surface area contributed by atoms with E-state index in [2.05, 4.69) is 20.8 Å². The predicted octanol–water partition coefficient (Wildman–Crippen LogP) is 3.18. The molecule has 0 aromatic rings. The highest BCUT2D eigenvalue weighted by Gasteiger charge is 1.99. The number of hydrogen-bond acceptors (Lipinski definition) is 1. The van der Waals surface area contributed by atoms with Gasteiger partial charge in [0.1, 0.15) is 0 Å². The maximum absolute atomic E-state index is 7.15. The average molecular weight is 151 g/mol. The quantitative estimate of drug-likeness (QED) is 0.473. The molecule has 0 aromatic heterocycles. The molecule has 0 saturated heterocycles. The van der Waals surface area contributed by atoms with Crippen LogP contribution < -0.4 is 0 Å². The summed E-state index contributed by atoms with van der Waals surface area (Å²) in [4.78, 5) is 0. The van der Waals surface area contributed by atoms with E-state index in [0.717, 1.165) is 5.57 Å². The van der Waals surface area contributed by atoms with Crippen molar-refractivity contribution in [2.24, 2.45) is 5.92 Å². The molecule has 1 heteroatoms. The van der Waals surface area contributed by atoms with Gasteiger partial charge in [-0.25, -0.2) is 0 Å². The molecule has 0 rings (SSSR count). The molecular formula is C10H17N. The third-order valence-corrected chi connectivity index (χ3v) is 1.82. The van der Waals surface area contributed by atoms with Crippen molar-refractivity contribution in [1.82, 2.24) is 0 Å². The molecule has 0 heterocycles. The summed E-state index contributed by atoms with van der Waals surface area (Å²) >= 11 is 0. The Hall–Kier alpha value is -0.850. The van der Waals surface area contributed by atoms with Crippen molar-refractivity contribution >= 4 is 6.21 Å². The van der Waals surface area contributed by atoms with Crippen LogP contribution in [0.25, 0.3) is 0 Å². The minimum absolute atomic E-state index is 0.530. The van der Waals surface area contributed by atoms with Gasteiger partial charge in [-0.2, -0.15) is 0 Å². The van der Waals surface area contributed by atoms with Crippen molar-refractivity contribution in [3.8, 4) is 0 Å². The Labute approximate surface area is 69.3 Å². The van der Waals surface area contributed by atoms with E-state index in [1.807, 2.05) is 19.1 Å². The van der Waals surface area contributed by atoms with Crippen molar-refractivity contribution in [3.63, 3.8) is 0 Å². The summed E-state index contributed by atoms with van der Waals surface area (Å²) in [5.41, 5.74) is 2.31. The van der Waals surface area contributed by atoms with Crippen molar-refractivity contribution in [1.29, 1.82) is 5.41 Å². The SMILES string of the molecule is C/C=C\C(C=N)=C(/C)C(C)C. The van der Waals surface area contributed by atoms with Crippen LogP contribution in [0.5, 0.6) is 0 Å². The molecule has 0 radical (unpaired) electrons. The fourth-order valence-corrected chi connectivity index (χ4v) is 0.806. The van der Waals surface area contributed by atoms with Gasteiger partial charge in [-0.1, -0.05) is 31.6 Å². The normalized spacial score (nSPS) is 13.9. The van der Waals surface area contributed by atoms with Crippen LogP contribution in [0.1, 0.15) is 27.7 Å². The molecule has 0 atom stereocenters. The van der Waals surface area contributed by atoms with Gasteiger partial charge in [-0.15, -0.1) is 0 Å². The summed E-state index contributed by atoms with van der Waals surface area (Å²) in [6.45, 7) is 8.33. The largest absolute Gasteiger partial charge is 0.308 e. The first-order valence-corrected chi connectivity index (χ1v) is 3.97. The Morgan fingerprint density at radius 3 is 2.18 bits per heavy atom.